The van der Waals surface area contributed by atoms with Crippen molar-refractivity contribution in [2.75, 3.05) is 11.9 Å². The van der Waals surface area contributed by atoms with Crippen molar-refractivity contribution < 1.29 is 17.9 Å². The van der Waals surface area contributed by atoms with E-state index in [9.17, 15) is 13.2 Å². The topological polar surface area (TPSA) is 96.9 Å². The molecular formula is C21H25N3O4S. The van der Waals surface area contributed by atoms with Crippen molar-refractivity contribution in [2.45, 2.75) is 38.1 Å². The molecule has 29 heavy (non-hydrogen) atoms. The lowest BCUT2D eigenvalue weighted by Gasteiger charge is -2.17. The molecule has 0 aromatic heterocycles. The number of nitrogens with one attached hydrogen (secondary N) is 2. The number of fused-ring (bicyclic) bond motifs is 1. The number of carbonyl (C=O) groups excluding carboxylic acids is 1. The molecule has 0 bridgehead atoms. The summed E-state index contributed by atoms with van der Waals surface area (Å²) >= 11 is 0. The van der Waals surface area contributed by atoms with Gasteiger partial charge in [-0.1, -0.05) is 38.1 Å². The average molecular weight is 416 g/mol. The second kappa shape index (κ2) is 8.65. The zero-order valence-corrected chi connectivity index (χ0v) is 17.5. The Bertz CT molecular complexity index is 1030. The van der Waals surface area contributed by atoms with Crippen LogP contribution in [0.5, 0.6) is 5.75 Å². The number of sulfonamides is 1. The van der Waals surface area contributed by atoms with Crippen molar-refractivity contribution >= 4 is 27.5 Å². The third-order valence-electron chi connectivity index (χ3n) is 4.39. The van der Waals surface area contributed by atoms with E-state index in [4.69, 9.17) is 4.74 Å². The maximum absolute atomic E-state index is 13.0. The second-order valence-corrected chi connectivity index (χ2v) is 8.79. The van der Waals surface area contributed by atoms with Crippen LogP contribution >= 0.6 is 0 Å². The summed E-state index contributed by atoms with van der Waals surface area (Å²) in [7, 11) is -3.66. The number of para-hydroxylation sites is 2. The lowest BCUT2D eigenvalue weighted by atomic mass is 10.0. The van der Waals surface area contributed by atoms with E-state index in [0.29, 0.717) is 30.0 Å². The molecule has 0 aliphatic carbocycles. The van der Waals surface area contributed by atoms with Gasteiger partial charge >= 0.3 is 0 Å². The molecule has 0 fully saturated rings. The lowest BCUT2D eigenvalue weighted by Crippen LogP contribution is -2.31. The fraction of sp³-hybridized carbons (Fsp3) is 0.333. The molecule has 3 rings (SSSR count). The molecule has 2 aromatic rings. The van der Waals surface area contributed by atoms with Crippen LogP contribution in [0.25, 0.3) is 0 Å². The summed E-state index contributed by atoms with van der Waals surface area (Å²) in [4.78, 5) is 17.7. The van der Waals surface area contributed by atoms with E-state index in [1.54, 1.807) is 30.3 Å². The van der Waals surface area contributed by atoms with Crippen LogP contribution in [0.1, 0.15) is 32.8 Å². The van der Waals surface area contributed by atoms with Crippen LogP contribution in [-0.4, -0.2) is 32.8 Å². The van der Waals surface area contributed by atoms with Gasteiger partial charge in [-0.25, -0.2) is 8.42 Å². The normalized spacial score (nSPS) is 16.9. The van der Waals surface area contributed by atoms with Crippen molar-refractivity contribution in [2.24, 2.45) is 10.9 Å². The molecule has 1 amide bonds. The summed E-state index contributed by atoms with van der Waals surface area (Å²) in [5.74, 6) is 0.637. The number of hydrogen-bond donors (Lipinski definition) is 2. The molecule has 1 heterocycles. The Morgan fingerprint density at radius 1 is 1.14 bits per heavy atom. The molecule has 0 spiro atoms. The molecule has 1 aliphatic heterocycles. The number of amides is 1. The summed E-state index contributed by atoms with van der Waals surface area (Å²) in [6.07, 6.45) is 0.468. The molecule has 2 N–H and O–H groups in total. The van der Waals surface area contributed by atoms with Crippen LogP contribution in [0, 0.1) is 5.92 Å². The first-order valence-corrected chi connectivity index (χ1v) is 11.0. The predicted molar refractivity (Wildman–Crippen MR) is 113 cm³/mol. The van der Waals surface area contributed by atoms with Gasteiger partial charge in [-0.05, 0) is 43.5 Å². The third kappa shape index (κ3) is 4.76. The Balaban J connectivity index is 1.92. The minimum absolute atomic E-state index is 0.171. The van der Waals surface area contributed by atoms with Gasteiger partial charge in [0.05, 0.1) is 17.2 Å². The van der Waals surface area contributed by atoms with Crippen molar-refractivity contribution in [3.8, 4) is 5.75 Å². The molecular weight excluding hydrogens is 390 g/mol. The highest BCUT2D eigenvalue weighted by Crippen LogP contribution is 2.26. The Morgan fingerprint density at radius 2 is 1.83 bits per heavy atom. The monoisotopic (exact) mass is 415 g/mol. The smallest absolute Gasteiger partial charge is 0.263 e. The largest absolute Gasteiger partial charge is 0.492 e. The molecule has 0 radical (unpaired) electrons. The predicted octanol–water partition coefficient (Wildman–Crippen LogP) is 3.18. The SMILES string of the molecule is CCOc1ccccc1NC(=O)C(CC(C)C)N=C1NS(=O)(=O)c2ccccc21. The summed E-state index contributed by atoms with van der Waals surface area (Å²) < 4.78 is 32.7. The minimum Gasteiger partial charge on any atom is -0.492 e. The molecule has 1 unspecified atom stereocenters. The number of benzene rings is 2. The number of nitrogens with zero attached hydrogens (tertiary/aromatic N) is 1. The Morgan fingerprint density at radius 3 is 2.55 bits per heavy atom. The number of aliphatic imine (C=N–C) groups is 1. The summed E-state index contributed by atoms with van der Waals surface area (Å²) in [6, 6.07) is 13.0. The van der Waals surface area contributed by atoms with Gasteiger partial charge in [-0.2, -0.15) is 0 Å². The van der Waals surface area contributed by atoms with Gasteiger partial charge in [-0.15, -0.1) is 0 Å². The van der Waals surface area contributed by atoms with Crippen LogP contribution in [0.4, 0.5) is 5.69 Å². The van der Waals surface area contributed by atoms with Gasteiger partial charge in [0.15, 0.2) is 0 Å². The highest BCUT2D eigenvalue weighted by atomic mass is 32.2. The standard InChI is InChI=1S/C21H25N3O4S/c1-4-28-18-11-7-6-10-16(18)23-21(25)17(13-14(2)3)22-20-15-9-5-8-12-19(15)29(26,27)24-20/h5-12,14,17H,4,13H2,1-3H3,(H,22,24)(H,23,25). The van der Waals surface area contributed by atoms with Gasteiger partial charge in [0.25, 0.3) is 10.0 Å². The van der Waals surface area contributed by atoms with Crippen LogP contribution in [0.2, 0.25) is 0 Å². The minimum atomic E-state index is -3.66. The second-order valence-electron chi connectivity index (χ2n) is 7.14. The summed E-state index contributed by atoms with van der Waals surface area (Å²) in [5.41, 5.74) is 1.03. The van der Waals surface area contributed by atoms with E-state index in [1.165, 1.54) is 6.07 Å². The summed E-state index contributed by atoms with van der Waals surface area (Å²) in [5, 5.41) is 2.87. The van der Waals surface area contributed by atoms with Crippen molar-refractivity contribution in [3.05, 3.63) is 54.1 Å². The van der Waals surface area contributed by atoms with Gasteiger partial charge in [-0.3, -0.25) is 14.5 Å². The molecule has 7 nitrogen and oxygen atoms in total. The zero-order valence-electron chi connectivity index (χ0n) is 16.7. The first-order chi connectivity index (χ1) is 13.8. The van der Waals surface area contributed by atoms with Crippen LogP contribution < -0.4 is 14.8 Å². The van der Waals surface area contributed by atoms with Gasteiger partial charge in [0.1, 0.15) is 17.6 Å². The van der Waals surface area contributed by atoms with E-state index in [1.807, 2.05) is 32.9 Å². The van der Waals surface area contributed by atoms with E-state index >= 15 is 0 Å². The maximum Gasteiger partial charge on any atom is 0.263 e. The number of rotatable bonds is 7. The number of amidine groups is 1. The Hall–Kier alpha value is -2.87. The third-order valence-corrected chi connectivity index (χ3v) is 5.79. The van der Waals surface area contributed by atoms with Gasteiger partial charge in [0, 0.05) is 5.56 Å². The molecule has 1 atom stereocenters. The molecule has 0 saturated heterocycles. The van der Waals surface area contributed by atoms with Crippen LogP contribution in [0.3, 0.4) is 0 Å². The van der Waals surface area contributed by atoms with Crippen molar-refractivity contribution in [1.29, 1.82) is 0 Å². The average Bonchev–Trinajstić information content (AvgIpc) is 2.93. The number of carbonyl (C=O) groups is 1. The van der Waals surface area contributed by atoms with E-state index in [0.717, 1.165) is 0 Å². The van der Waals surface area contributed by atoms with Crippen LogP contribution in [0.15, 0.2) is 58.4 Å². The molecule has 2 aromatic carbocycles. The number of anilines is 1. The quantitative estimate of drug-likeness (QED) is 0.726. The fourth-order valence-corrected chi connectivity index (χ4v) is 4.36. The highest BCUT2D eigenvalue weighted by molar-refractivity contribution is 7.90. The Kier molecular flexibility index (Phi) is 6.22. The molecule has 1 aliphatic rings. The first-order valence-electron chi connectivity index (χ1n) is 9.54. The molecule has 154 valence electrons. The number of hydrogen-bond acceptors (Lipinski definition) is 5. The van der Waals surface area contributed by atoms with Crippen molar-refractivity contribution in [3.63, 3.8) is 0 Å². The zero-order chi connectivity index (χ0) is 21.0. The molecule has 0 saturated carbocycles. The maximum atomic E-state index is 13.0. The summed E-state index contributed by atoms with van der Waals surface area (Å²) in [6.45, 7) is 6.32. The molecule has 8 heteroatoms. The van der Waals surface area contributed by atoms with Gasteiger partial charge < -0.3 is 10.1 Å². The van der Waals surface area contributed by atoms with Gasteiger partial charge in [0.2, 0.25) is 5.91 Å². The van der Waals surface area contributed by atoms with Crippen molar-refractivity contribution in [1.82, 2.24) is 4.72 Å². The van der Waals surface area contributed by atoms with E-state index < -0.39 is 16.1 Å². The number of ether oxygens (including phenoxy) is 1. The van der Waals surface area contributed by atoms with Crippen LogP contribution in [-0.2, 0) is 14.8 Å². The highest BCUT2D eigenvalue weighted by Gasteiger charge is 2.32. The first kappa shape index (κ1) is 20.9. The lowest BCUT2D eigenvalue weighted by molar-refractivity contribution is -0.117. The van der Waals surface area contributed by atoms with E-state index in [-0.39, 0.29) is 22.6 Å². The fourth-order valence-electron chi connectivity index (χ4n) is 3.12. The Labute approximate surface area is 171 Å². The van der Waals surface area contributed by atoms with E-state index in [2.05, 4.69) is 15.0 Å².